The number of aryl methyl sites for hydroxylation is 1. The summed E-state index contributed by atoms with van der Waals surface area (Å²) in [4.78, 5) is 14.3. The Bertz CT molecular complexity index is 581. The van der Waals surface area contributed by atoms with Gasteiger partial charge in [-0.1, -0.05) is 42.5 Å². The number of carbonyl (C=O) groups excluding carboxylic acids is 1. The van der Waals surface area contributed by atoms with Crippen molar-refractivity contribution in [1.29, 1.82) is 0 Å². The lowest BCUT2D eigenvalue weighted by molar-refractivity contribution is -0.119. The molecule has 0 bridgehead atoms. The van der Waals surface area contributed by atoms with E-state index in [9.17, 15) is 4.79 Å². The molecule has 20 heavy (non-hydrogen) atoms. The predicted octanol–water partition coefficient (Wildman–Crippen LogP) is 2.70. The molecular weight excluding hydrogens is 248 g/mol. The number of likely N-dealkylation sites (N-methyl/N-ethyl adjacent to an activating group) is 1. The fourth-order valence-corrected chi connectivity index (χ4v) is 2.26. The van der Waals surface area contributed by atoms with Crippen molar-refractivity contribution in [3.63, 3.8) is 0 Å². The van der Waals surface area contributed by atoms with Gasteiger partial charge in [-0.2, -0.15) is 0 Å². The first-order valence-electron chi connectivity index (χ1n) is 6.72. The highest BCUT2D eigenvalue weighted by atomic mass is 16.2. The highest BCUT2D eigenvalue weighted by Gasteiger charge is 2.23. The van der Waals surface area contributed by atoms with Gasteiger partial charge in [-0.05, 0) is 30.2 Å². The van der Waals surface area contributed by atoms with Crippen LogP contribution in [0.25, 0.3) is 0 Å². The number of nitrogens with two attached hydrogens (primary N) is 1. The Morgan fingerprint density at radius 1 is 1.15 bits per heavy atom. The molecular formula is C17H20N2O. The number of hydrogen-bond donors (Lipinski definition) is 1. The predicted molar refractivity (Wildman–Crippen MR) is 82.8 cm³/mol. The van der Waals surface area contributed by atoms with E-state index in [0.29, 0.717) is 6.54 Å². The van der Waals surface area contributed by atoms with E-state index in [0.717, 1.165) is 16.8 Å². The van der Waals surface area contributed by atoms with Crippen LogP contribution in [0.15, 0.2) is 54.6 Å². The fraction of sp³-hybridized carbons (Fsp3) is 0.235. The lowest BCUT2D eigenvalue weighted by Gasteiger charge is -2.23. The average molecular weight is 268 g/mol. The normalized spacial score (nSPS) is 11.9. The van der Waals surface area contributed by atoms with Crippen LogP contribution >= 0.6 is 0 Å². The molecule has 0 aliphatic heterocycles. The van der Waals surface area contributed by atoms with Gasteiger partial charge in [0, 0.05) is 19.3 Å². The van der Waals surface area contributed by atoms with Gasteiger partial charge >= 0.3 is 0 Å². The summed E-state index contributed by atoms with van der Waals surface area (Å²) in [5, 5.41) is 0. The molecule has 0 aromatic heterocycles. The van der Waals surface area contributed by atoms with Gasteiger partial charge in [0.05, 0.1) is 5.92 Å². The first kappa shape index (κ1) is 14.3. The lowest BCUT2D eigenvalue weighted by atomic mass is 9.97. The largest absolute Gasteiger partial charge is 0.329 e. The maximum Gasteiger partial charge on any atom is 0.235 e. The summed E-state index contributed by atoms with van der Waals surface area (Å²) in [7, 11) is 1.79. The molecule has 3 heteroatoms. The molecule has 0 heterocycles. The molecule has 3 nitrogen and oxygen atoms in total. The van der Waals surface area contributed by atoms with Gasteiger partial charge in [0.25, 0.3) is 0 Å². The van der Waals surface area contributed by atoms with E-state index in [1.165, 1.54) is 0 Å². The number of amides is 1. The van der Waals surface area contributed by atoms with Crippen LogP contribution in [0.1, 0.15) is 17.0 Å². The molecule has 0 saturated heterocycles. The van der Waals surface area contributed by atoms with Crippen molar-refractivity contribution in [2.24, 2.45) is 5.73 Å². The first-order valence-corrected chi connectivity index (χ1v) is 6.72. The lowest BCUT2D eigenvalue weighted by Crippen LogP contribution is -2.35. The Morgan fingerprint density at radius 2 is 1.85 bits per heavy atom. The van der Waals surface area contributed by atoms with Gasteiger partial charge in [-0.15, -0.1) is 0 Å². The van der Waals surface area contributed by atoms with Crippen LogP contribution in [0, 0.1) is 6.92 Å². The van der Waals surface area contributed by atoms with Crippen molar-refractivity contribution < 1.29 is 4.79 Å². The van der Waals surface area contributed by atoms with E-state index >= 15 is 0 Å². The van der Waals surface area contributed by atoms with E-state index in [1.807, 2.05) is 61.5 Å². The van der Waals surface area contributed by atoms with E-state index < -0.39 is 0 Å². The van der Waals surface area contributed by atoms with E-state index in [-0.39, 0.29) is 11.8 Å². The van der Waals surface area contributed by atoms with E-state index in [4.69, 9.17) is 5.73 Å². The molecule has 2 aromatic carbocycles. The second-order valence-electron chi connectivity index (χ2n) is 4.94. The molecule has 0 spiro atoms. The molecule has 1 amide bonds. The SMILES string of the molecule is Cc1cccc(N(C)C(=O)C(CN)c2ccccc2)c1. The summed E-state index contributed by atoms with van der Waals surface area (Å²) in [5.41, 5.74) is 8.79. The zero-order valence-electron chi connectivity index (χ0n) is 11.9. The number of anilines is 1. The minimum Gasteiger partial charge on any atom is -0.329 e. The number of carbonyl (C=O) groups is 1. The minimum absolute atomic E-state index is 0.0179. The Morgan fingerprint density at radius 3 is 2.45 bits per heavy atom. The highest BCUT2D eigenvalue weighted by molar-refractivity contribution is 5.97. The Labute approximate surface area is 120 Å². The van der Waals surface area contributed by atoms with Crippen LogP contribution in [0.3, 0.4) is 0 Å². The minimum atomic E-state index is -0.304. The van der Waals surface area contributed by atoms with E-state index in [2.05, 4.69) is 0 Å². The molecule has 0 fully saturated rings. The molecule has 2 rings (SSSR count). The van der Waals surface area contributed by atoms with Gasteiger partial charge in [0.1, 0.15) is 0 Å². The van der Waals surface area contributed by atoms with Gasteiger partial charge in [-0.3, -0.25) is 4.79 Å². The van der Waals surface area contributed by atoms with Crippen molar-refractivity contribution in [3.8, 4) is 0 Å². The Hall–Kier alpha value is -2.13. The van der Waals surface area contributed by atoms with Crippen LogP contribution in [0.5, 0.6) is 0 Å². The molecule has 2 N–H and O–H groups in total. The van der Waals surface area contributed by atoms with Crippen molar-refractivity contribution in [1.82, 2.24) is 0 Å². The maximum atomic E-state index is 12.6. The fourth-order valence-electron chi connectivity index (χ4n) is 2.26. The standard InChI is InChI=1S/C17H20N2O/c1-13-7-6-10-15(11-13)19(2)17(20)16(12-18)14-8-4-3-5-9-14/h3-11,16H,12,18H2,1-2H3. The number of nitrogens with zero attached hydrogens (tertiary/aromatic N) is 1. The molecule has 0 radical (unpaired) electrons. The second kappa shape index (κ2) is 6.35. The maximum absolute atomic E-state index is 12.6. The van der Waals surface area contributed by atoms with Crippen molar-refractivity contribution >= 4 is 11.6 Å². The zero-order valence-corrected chi connectivity index (χ0v) is 11.9. The molecule has 0 saturated carbocycles. The highest BCUT2D eigenvalue weighted by Crippen LogP contribution is 2.21. The van der Waals surface area contributed by atoms with Gasteiger partial charge in [0.15, 0.2) is 0 Å². The van der Waals surface area contributed by atoms with E-state index in [1.54, 1.807) is 11.9 Å². The van der Waals surface area contributed by atoms with Crippen molar-refractivity contribution in [2.45, 2.75) is 12.8 Å². The summed E-state index contributed by atoms with van der Waals surface area (Å²) < 4.78 is 0. The van der Waals surface area contributed by atoms with Gasteiger partial charge in [0.2, 0.25) is 5.91 Å². The van der Waals surface area contributed by atoms with Crippen molar-refractivity contribution in [2.75, 3.05) is 18.5 Å². The number of rotatable bonds is 4. The summed E-state index contributed by atoms with van der Waals surface area (Å²) >= 11 is 0. The topological polar surface area (TPSA) is 46.3 Å². The number of benzene rings is 2. The molecule has 1 unspecified atom stereocenters. The summed E-state index contributed by atoms with van der Waals surface area (Å²) in [6.07, 6.45) is 0. The van der Waals surface area contributed by atoms with Gasteiger partial charge in [-0.25, -0.2) is 0 Å². The molecule has 2 aromatic rings. The quantitative estimate of drug-likeness (QED) is 0.926. The third-order valence-corrected chi connectivity index (χ3v) is 3.46. The summed E-state index contributed by atoms with van der Waals surface area (Å²) in [6.45, 7) is 2.32. The van der Waals surface area contributed by atoms with Crippen LogP contribution in [0.4, 0.5) is 5.69 Å². The monoisotopic (exact) mass is 268 g/mol. The van der Waals surface area contributed by atoms with Crippen LogP contribution in [0.2, 0.25) is 0 Å². The summed E-state index contributed by atoms with van der Waals surface area (Å²) in [5.74, 6) is -0.286. The van der Waals surface area contributed by atoms with Crippen LogP contribution < -0.4 is 10.6 Å². The first-order chi connectivity index (χ1) is 9.63. The van der Waals surface area contributed by atoms with Crippen LogP contribution in [-0.2, 0) is 4.79 Å². The zero-order chi connectivity index (χ0) is 14.5. The molecule has 104 valence electrons. The Kier molecular flexibility index (Phi) is 4.53. The molecule has 0 aliphatic rings. The second-order valence-corrected chi connectivity index (χ2v) is 4.94. The third-order valence-electron chi connectivity index (χ3n) is 3.46. The summed E-state index contributed by atoms with van der Waals surface area (Å²) in [6, 6.07) is 17.6. The molecule has 0 aliphatic carbocycles. The van der Waals surface area contributed by atoms with Gasteiger partial charge < -0.3 is 10.6 Å². The average Bonchev–Trinajstić information content (AvgIpc) is 2.48. The Balaban J connectivity index is 2.25. The molecule has 1 atom stereocenters. The van der Waals surface area contributed by atoms with Crippen molar-refractivity contribution in [3.05, 3.63) is 65.7 Å². The van der Waals surface area contributed by atoms with Crippen LogP contribution in [-0.4, -0.2) is 19.5 Å². The smallest absolute Gasteiger partial charge is 0.235 e. The number of hydrogen-bond acceptors (Lipinski definition) is 2. The third kappa shape index (κ3) is 3.06.